The molecule has 118 valence electrons. The lowest BCUT2D eigenvalue weighted by Crippen LogP contribution is -2.27. The summed E-state index contributed by atoms with van der Waals surface area (Å²) in [6, 6.07) is 7.01. The van der Waals surface area contributed by atoms with Crippen LogP contribution in [0.2, 0.25) is 0 Å². The van der Waals surface area contributed by atoms with Crippen molar-refractivity contribution in [2.45, 2.75) is 45.4 Å². The Bertz CT molecular complexity index is 694. The Hall–Kier alpha value is -2.17. The lowest BCUT2D eigenvalue weighted by atomic mass is 10.1. The topological polar surface area (TPSA) is 63.4 Å². The molecule has 2 rings (SSSR count). The van der Waals surface area contributed by atoms with E-state index >= 15 is 0 Å². The molecule has 22 heavy (non-hydrogen) atoms. The zero-order valence-corrected chi connectivity index (χ0v) is 13.2. The minimum absolute atomic E-state index is 0.0576. The summed E-state index contributed by atoms with van der Waals surface area (Å²) >= 11 is 0. The van der Waals surface area contributed by atoms with Crippen LogP contribution in [-0.2, 0) is 4.79 Å². The number of hydrogen-bond acceptors (Lipinski definition) is 4. The summed E-state index contributed by atoms with van der Waals surface area (Å²) in [5.41, 5.74) is 0.0690. The molecular weight excluding hydrogens is 280 g/mol. The molecule has 5 nitrogen and oxygen atoms in total. The second-order valence-corrected chi connectivity index (χ2v) is 5.42. The lowest BCUT2D eigenvalue weighted by molar-refractivity contribution is -0.118. The molecule has 0 radical (unpaired) electrons. The quantitative estimate of drug-likeness (QED) is 0.734. The predicted octanol–water partition coefficient (Wildman–Crippen LogP) is 3.51. The van der Waals surface area contributed by atoms with E-state index in [1.807, 2.05) is 0 Å². The minimum atomic E-state index is -0.469. The maximum Gasteiger partial charge on any atom is 0.348 e. The van der Waals surface area contributed by atoms with Crippen molar-refractivity contribution < 1.29 is 9.21 Å². The van der Waals surface area contributed by atoms with Gasteiger partial charge in [-0.3, -0.25) is 9.69 Å². The summed E-state index contributed by atoms with van der Waals surface area (Å²) < 4.78 is 5.16. The number of para-hydroxylation sites is 1. The highest BCUT2D eigenvalue weighted by Gasteiger charge is 2.16. The van der Waals surface area contributed by atoms with Crippen LogP contribution >= 0.6 is 0 Å². The van der Waals surface area contributed by atoms with Crippen LogP contribution in [0.15, 0.2) is 33.5 Å². The number of benzene rings is 1. The SMILES string of the molecule is CCCCCCCC(=O)N(C)c1nc2ccccc2c(=O)o1. The van der Waals surface area contributed by atoms with Crippen molar-refractivity contribution >= 4 is 22.8 Å². The molecule has 1 aromatic heterocycles. The lowest BCUT2D eigenvalue weighted by Gasteiger charge is -2.14. The van der Waals surface area contributed by atoms with Crippen LogP contribution in [0.25, 0.3) is 10.9 Å². The average Bonchev–Trinajstić information content (AvgIpc) is 2.53. The Morgan fingerprint density at radius 2 is 1.91 bits per heavy atom. The van der Waals surface area contributed by atoms with Crippen molar-refractivity contribution in [1.29, 1.82) is 0 Å². The molecule has 2 aromatic rings. The normalized spacial score (nSPS) is 10.8. The molecule has 0 saturated carbocycles. The van der Waals surface area contributed by atoms with Gasteiger partial charge >= 0.3 is 11.6 Å². The molecule has 0 atom stereocenters. The van der Waals surface area contributed by atoms with Gasteiger partial charge in [0.25, 0.3) is 0 Å². The number of nitrogens with zero attached hydrogens (tertiary/aromatic N) is 2. The van der Waals surface area contributed by atoms with E-state index in [1.165, 1.54) is 17.7 Å². The second kappa shape index (κ2) is 7.73. The molecule has 0 saturated heterocycles. The predicted molar refractivity (Wildman–Crippen MR) is 87.1 cm³/mol. The van der Waals surface area contributed by atoms with Crippen LogP contribution in [0.3, 0.4) is 0 Å². The zero-order valence-electron chi connectivity index (χ0n) is 13.2. The monoisotopic (exact) mass is 302 g/mol. The number of amides is 1. The van der Waals surface area contributed by atoms with E-state index in [-0.39, 0.29) is 11.9 Å². The van der Waals surface area contributed by atoms with Gasteiger partial charge in [0.05, 0.1) is 10.9 Å². The molecule has 5 heteroatoms. The van der Waals surface area contributed by atoms with Gasteiger partial charge in [0.15, 0.2) is 0 Å². The summed E-state index contributed by atoms with van der Waals surface area (Å²) in [6.07, 6.45) is 5.86. The summed E-state index contributed by atoms with van der Waals surface area (Å²) in [7, 11) is 1.59. The molecule has 0 aliphatic carbocycles. The molecule has 1 amide bonds. The number of fused-ring (bicyclic) bond motifs is 1. The Balaban J connectivity index is 2.04. The molecule has 0 N–H and O–H groups in total. The van der Waals surface area contributed by atoms with Crippen LogP contribution in [0.1, 0.15) is 45.4 Å². The first kappa shape index (κ1) is 16.2. The highest BCUT2D eigenvalue weighted by Crippen LogP contribution is 2.15. The van der Waals surface area contributed by atoms with Gasteiger partial charge in [-0.25, -0.2) is 4.79 Å². The highest BCUT2D eigenvalue weighted by molar-refractivity contribution is 5.91. The number of aromatic nitrogens is 1. The van der Waals surface area contributed by atoms with Crippen molar-refractivity contribution in [3.05, 3.63) is 34.7 Å². The van der Waals surface area contributed by atoms with E-state index in [0.29, 0.717) is 17.3 Å². The first-order valence-corrected chi connectivity index (χ1v) is 7.80. The largest absolute Gasteiger partial charge is 0.388 e. The summed E-state index contributed by atoms with van der Waals surface area (Å²) in [5.74, 6) is -0.0811. The zero-order chi connectivity index (χ0) is 15.9. The van der Waals surface area contributed by atoms with Crippen molar-refractivity contribution in [2.24, 2.45) is 0 Å². The Morgan fingerprint density at radius 3 is 2.68 bits per heavy atom. The third-order valence-electron chi connectivity index (χ3n) is 3.68. The van der Waals surface area contributed by atoms with Gasteiger partial charge in [-0.15, -0.1) is 0 Å². The van der Waals surface area contributed by atoms with E-state index < -0.39 is 5.63 Å². The van der Waals surface area contributed by atoms with Crippen LogP contribution in [-0.4, -0.2) is 17.9 Å². The number of carbonyl (C=O) groups is 1. The standard InChI is InChI=1S/C17H22N2O3/c1-3-4-5-6-7-12-15(20)19(2)17-18-14-11-9-8-10-13(14)16(21)22-17/h8-11H,3-7,12H2,1-2H3. The van der Waals surface area contributed by atoms with Gasteiger partial charge in [0.2, 0.25) is 5.91 Å². The van der Waals surface area contributed by atoms with Crippen molar-refractivity contribution in [1.82, 2.24) is 4.98 Å². The smallest absolute Gasteiger partial charge is 0.348 e. The Kier molecular flexibility index (Phi) is 5.69. The fourth-order valence-electron chi connectivity index (χ4n) is 2.31. The van der Waals surface area contributed by atoms with Gasteiger partial charge in [0.1, 0.15) is 0 Å². The first-order valence-electron chi connectivity index (χ1n) is 7.80. The molecule has 0 unspecified atom stereocenters. The van der Waals surface area contributed by atoms with Gasteiger partial charge in [-0.05, 0) is 18.6 Å². The molecule has 0 spiro atoms. The third kappa shape index (κ3) is 3.93. The molecule has 1 heterocycles. The summed E-state index contributed by atoms with van der Waals surface area (Å²) in [4.78, 5) is 29.6. The molecule has 0 aliphatic rings. The van der Waals surface area contributed by atoms with Gasteiger partial charge in [-0.2, -0.15) is 4.98 Å². The second-order valence-electron chi connectivity index (χ2n) is 5.42. The van der Waals surface area contributed by atoms with E-state index in [1.54, 1.807) is 31.3 Å². The number of anilines is 1. The van der Waals surface area contributed by atoms with Crippen LogP contribution in [0.4, 0.5) is 6.01 Å². The Labute approximate surface area is 130 Å². The molecular formula is C17H22N2O3. The van der Waals surface area contributed by atoms with Crippen LogP contribution < -0.4 is 10.5 Å². The van der Waals surface area contributed by atoms with Crippen LogP contribution in [0.5, 0.6) is 0 Å². The summed E-state index contributed by atoms with van der Waals surface area (Å²) in [6.45, 7) is 2.16. The van der Waals surface area contributed by atoms with E-state index in [0.717, 1.165) is 19.3 Å². The Morgan fingerprint density at radius 1 is 1.18 bits per heavy atom. The fourth-order valence-corrected chi connectivity index (χ4v) is 2.31. The maximum atomic E-state index is 12.1. The van der Waals surface area contributed by atoms with Gasteiger partial charge < -0.3 is 4.42 Å². The highest BCUT2D eigenvalue weighted by atomic mass is 16.4. The molecule has 0 aliphatic heterocycles. The molecule has 1 aromatic carbocycles. The average molecular weight is 302 g/mol. The fraction of sp³-hybridized carbons (Fsp3) is 0.471. The third-order valence-corrected chi connectivity index (χ3v) is 3.68. The first-order chi connectivity index (χ1) is 10.6. The number of hydrogen-bond donors (Lipinski definition) is 0. The van der Waals surface area contributed by atoms with Crippen molar-refractivity contribution in [3.8, 4) is 0 Å². The number of carbonyl (C=O) groups excluding carboxylic acids is 1. The molecule has 0 fully saturated rings. The number of rotatable bonds is 7. The van der Waals surface area contributed by atoms with Gasteiger partial charge in [-0.1, -0.05) is 44.7 Å². The minimum Gasteiger partial charge on any atom is -0.388 e. The molecule has 0 bridgehead atoms. The summed E-state index contributed by atoms with van der Waals surface area (Å²) in [5, 5.41) is 0.423. The van der Waals surface area contributed by atoms with Crippen molar-refractivity contribution in [3.63, 3.8) is 0 Å². The maximum absolute atomic E-state index is 12.1. The van der Waals surface area contributed by atoms with Crippen molar-refractivity contribution in [2.75, 3.05) is 11.9 Å². The van der Waals surface area contributed by atoms with Crippen LogP contribution in [0, 0.1) is 0 Å². The van der Waals surface area contributed by atoms with Gasteiger partial charge in [0, 0.05) is 13.5 Å². The van der Waals surface area contributed by atoms with E-state index in [4.69, 9.17) is 4.42 Å². The van der Waals surface area contributed by atoms with E-state index in [9.17, 15) is 9.59 Å². The van der Waals surface area contributed by atoms with E-state index in [2.05, 4.69) is 11.9 Å². The number of unbranched alkanes of at least 4 members (excludes halogenated alkanes) is 4.